The summed E-state index contributed by atoms with van der Waals surface area (Å²) in [7, 11) is 0. The van der Waals surface area contributed by atoms with Crippen LogP contribution in [0.4, 0.5) is 15.8 Å². The van der Waals surface area contributed by atoms with Crippen LogP contribution in [0.2, 0.25) is 0 Å². The van der Waals surface area contributed by atoms with Crippen molar-refractivity contribution in [3.05, 3.63) is 58.8 Å². The van der Waals surface area contributed by atoms with Crippen molar-refractivity contribution in [3.63, 3.8) is 0 Å². The number of carbonyl (C=O) groups is 2. The summed E-state index contributed by atoms with van der Waals surface area (Å²) in [6.07, 6.45) is 0. The van der Waals surface area contributed by atoms with E-state index in [1.54, 1.807) is 24.3 Å². The number of oxazole rings is 1. The second-order valence-corrected chi connectivity index (χ2v) is 6.95. The molecule has 3 aromatic rings. The average molecular weight is 398 g/mol. The van der Waals surface area contributed by atoms with Gasteiger partial charge in [0.15, 0.2) is 5.58 Å². The molecule has 2 aromatic carbocycles. The molecule has 1 atom stereocenters. The van der Waals surface area contributed by atoms with Crippen LogP contribution >= 0.6 is 0 Å². The lowest BCUT2D eigenvalue weighted by Gasteiger charge is -2.40. The Balaban J connectivity index is 1.41. The zero-order valence-electron chi connectivity index (χ0n) is 15.6. The maximum Gasteiger partial charge on any atom is 0.417 e. The van der Waals surface area contributed by atoms with Crippen LogP contribution in [0.15, 0.2) is 51.7 Å². The van der Waals surface area contributed by atoms with Gasteiger partial charge in [-0.25, -0.2) is 9.18 Å². The number of aromatic amines is 1. The first-order valence-electron chi connectivity index (χ1n) is 9.16. The lowest BCUT2D eigenvalue weighted by atomic mass is 10.1. The molecule has 8 nitrogen and oxygen atoms in total. The van der Waals surface area contributed by atoms with E-state index in [4.69, 9.17) is 4.42 Å². The minimum Gasteiger partial charge on any atom is -0.408 e. The molecule has 9 heteroatoms. The third-order valence-electron chi connectivity index (χ3n) is 4.95. The van der Waals surface area contributed by atoms with Gasteiger partial charge in [0.25, 0.3) is 0 Å². The number of amides is 2. The molecule has 2 heterocycles. The van der Waals surface area contributed by atoms with Crippen LogP contribution in [0.25, 0.3) is 11.1 Å². The zero-order valence-corrected chi connectivity index (χ0v) is 15.6. The van der Waals surface area contributed by atoms with Gasteiger partial charge in [0.1, 0.15) is 5.82 Å². The quantitative estimate of drug-likeness (QED) is 0.643. The lowest BCUT2D eigenvalue weighted by Crippen LogP contribution is -2.56. The van der Waals surface area contributed by atoms with Gasteiger partial charge < -0.3 is 19.5 Å². The van der Waals surface area contributed by atoms with Gasteiger partial charge in [-0.3, -0.25) is 14.6 Å². The number of benzene rings is 2. The Kier molecular flexibility index (Phi) is 4.79. The van der Waals surface area contributed by atoms with Crippen LogP contribution in [-0.4, -0.2) is 47.4 Å². The molecule has 0 aliphatic carbocycles. The Morgan fingerprint density at radius 3 is 2.66 bits per heavy atom. The van der Waals surface area contributed by atoms with Crippen LogP contribution in [0, 0.1) is 5.82 Å². The fourth-order valence-corrected chi connectivity index (χ4v) is 3.48. The number of hydrogen-bond acceptors (Lipinski definition) is 5. The van der Waals surface area contributed by atoms with Crippen LogP contribution < -0.4 is 16.0 Å². The summed E-state index contributed by atoms with van der Waals surface area (Å²) in [4.78, 5) is 42.4. The van der Waals surface area contributed by atoms with E-state index in [9.17, 15) is 18.8 Å². The number of hydrogen-bond donors (Lipinski definition) is 2. The zero-order chi connectivity index (χ0) is 20.5. The molecule has 1 aliphatic heterocycles. The van der Waals surface area contributed by atoms with Gasteiger partial charge in [0.05, 0.1) is 5.52 Å². The summed E-state index contributed by atoms with van der Waals surface area (Å²) < 4.78 is 18.1. The SMILES string of the molecule is C[C@@H]1CN(c2ccc(F)cc2)CCN1C(=O)C(=O)Nc1ccc2[nH]c(=O)oc2c1. The highest BCUT2D eigenvalue weighted by atomic mass is 19.1. The van der Waals surface area contributed by atoms with E-state index in [-0.39, 0.29) is 11.9 Å². The number of fused-ring (bicyclic) bond motifs is 1. The molecule has 0 radical (unpaired) electrons. The summed E-state index contributed by atoms with van der Waals surface area (Å²) in [5.41, 5.74) is 2.03. The Bertz CT molecular complexity index is 1120. The van der Waals surface area contributed by atoms with Crippen molar-refractivity contribution in [2.45, 2.75) is 13.0 Å². The largest absolute Gasteiger partial charge is 0.417 e. The molecule has 2 amide bonds. The topological polar surface area (TPSA) is 98.6 Å². The molecule has 0 saturated carbocycles. The first kappa shape index (κ1) is 18.7. The minimum atomic E-state index is -0.760. The van der Waals surface area contributed by atoms with Crippen molar-refractivity contribution < 1.29 is 18.4 Å². The summed E-state index contributed by atoms with van der Waals surface area (Å²) in [5.74, 6) is -2.28. The number of carbonyl (C=O) groups excluding carboxylic acids is 2. The van der Waals surface area contributed by atoms with Gasteiger partial charge in [-0.15, -0.1) is 0 Å². The molecule has 2 N–H and O–H groups in total. The fourth-order valence-electron chi connectivity index (χ4n) is 3.48. The summed E-state index contributed by atoms with van der Waals surface area (Å²) >= 11 is 0. The van der Waals surface area contributed by atoms with Gasteiger partial charge in [-0.05, 0) is 43.3 Å². The van der Waals surface area contributed by atoms with Gasteiger partial charge in [0.2, 0.25) is 0 Å². The lowest BCUT2D eigenvalue weighted by molar-refractivity contribution is -0.144. The van der Waals surface area contributed by atoms with Gasteiger partial charge in [0, 0.05) is 43.1 Å². The molecule has 0 spiro atoms. The number of nitrogens with one attached hydrogen (secondary N) is 2. The Morgan fingerprint density at radius 1 is 1.17 bits per heavy atom. The monoisotopic (exact) mass is 398 g/mol. The number of nitrogens with zero attached hydrogens (tertiary/aromatic N) is 2. The molecule has 1 fully saturated rings. The van der Waals surface area contributed by atoms with Crippen LogP contribution in [0.5, 0.6) is 0 Å². The van der Waals surface area contributed by atoms with Crippen LogP contribution in [-0.2, 0) is 9.59 Å². The molecule has 29 heavy (non-hydrogen) atoms. The maximum absolute atomic E-state index is 13.1. The highest BCUT2D eigenvalue weighted by Crippen LogP contribution is 2.20. The molecule has 0 bridgehead atoms. The Morgan fingerprint density at radius 2 is 1.93 bits per heavy atom. The molecule has 1 aliphatic rings. The van der Waals surface area contributed by atoms with Crippen molar-refractivity contribution in [1.82, 2.24) is 9.88 Å². The fraction of sp³-hybridized carbons (Fsp3) is 0.250. The molecule has 0 unspecified atom stereocenters. The van der Waals surface area contributed by atoms with E-state index in [1.807, 2.05) is 11.8 Å². The van der Waals surface area contributed by atoms with Gasteiger partial charge >= 0.3 is 17.6 Å². The molecule has 1 saturated heterocycles. The maximum atomic E-state index is 13.1. The van der Waals surface area contributed by atoms with E-state index in [0.29, 0.717) is 36.4 Å². The smallest absolute Gasteiger partial charge is 0.408 e. The van der Waals surface area contributed by atoms with E-state index < -0.39 is 17.6 Å². The first-order chi connectivity index (χ1) is 13.9. The average Bonchev–Trinajstić information content (AvgIpc) is 3.07. The summed E-state index contributed by atoms with van der Waals surface area (Å²) in [6, 6.07) is 10.6. The second-order valence-electron chi connectivity index (χ2n) is 6.95. The second kappa shape index (κ2) is 7.42. The van der Waals surface area contributed by atoms with Crippen LogP contribution in [0.3, 0.4) is 0 Å². The van der Waals surface area contributed by atoms with Crippen molar-refractivity contribution >= 4 is 34.3 Å². The predicted molar refractivity (Wildman–Crippen MR) is 105 cm³/mol. The van der Waals surface area contributed by atoms with Crippen LogP contribution in [0.1, 0.15) is 6.92 Å². The minimum absolute atomic E-state index is 0.197. The number of anilines is 2. The molecular weight excluding hydrogens is 379 g/mol. The molecule has 1 aromatic heterocycles. The van der Waals surface area contributed by atoms with E-state index in [1.165, 1.54) is 23.1 Å². The summed E-state index contributed by atoms with van der Waals surface area (Å²) in [5, 5.41) is 2.55. The van der Waals surface area contributed by atoms with Crippen molar-refractivity contribution in [3.8, 4) is 0 Å². The standard InChI is InChI=1S/C20H19FN4O4/c1-12-11-24(15-5-2-13(21)3-6-15)8-9-25(12)19(27)18(26)22-14-4-7-16-17(10-14)29-20(28)23-16/h2-7,10,12H,8-9,11H2,1H3,(H,22,26)(H,23,28)/t12-/m1/s1. The van der Waals surface area contributed by atoms with Crippen molar-refractivity contribution in [1.29, 1.82) is 0 Å². The third-order valence-corrected chi connectivity index (χ3v) is 4.95. The first-order valence-corrected chi connectivity index (χ1v) is 9.16. The predicted octanol–water partition coefficient (Wildman–Crippen LogP) is 1.94. The number of piperazine rings is 1. The molecule has 150 valence electrons. The highest BCUT2D eigenvalue weighted by Gasteiger charge is 2.31. The van der Waals surface area contributed by atoms with Gasteiger partial charge in [-0.2, -0.15) is 0 Å². The third kappa shape index (κ3) is 3.84. The highest BCUT2D eigenvalue weighted by molar-refractivity contribution is 6.39. The van der Waals surface area contributed by atoms with Crippen molar-refractivity contribution in [2.24, 2.45) is 0 Å². The number of halogens is 1. The summed E-state index contributed by atoms with van der Waals surface area (Å²) in [6.45, 7) is 3.30. The Hall–Kier alpha value is -3.62. The van der Waals surface area contributed by atoms with E-state index in [0.717, 1.165) is 5.69 Å². The van der Waals surface area contributed by atoms with E-state index >= 15 is 0 Å². The normalized spacial score (nSPS) is 16.8. The Labute approximate surface area is 164 Å². The number of H-pyrrole nitrogens is 1. The van der Waals surface area contributed by atoms with Gasteiger partial charge in [-0.1, -0.05) is 0 Å². The van der Waals surface area contributed by atoms with Crippen molar-refractivity contribution in [2.75, 3.05) is 29.9 Å². The van der Waals surface area contributed by atoms with E-state index in [2.05, 4.69) is 10.3 Å². The number of rotatable bonds is 2. The molecule has 4 rings (SSSR count). The number of aromatic nitrogens is 1. The molecular formula is C20H19FN4O4.